The molecule has 0 heterocycles. The topological polar surface area (TPSA) is 63.6 Å². The Morgan fingerprint density at radius 3 is 1.97 bits per heavy atom. The fourth-order valence-corrected chi connectivity index (χ4v) is 4.46. The molecule has 190 valence electrons. The predicted molar refractivity (Wildman–Crippen MR) is 129 cm³/mol. The third-order valence-corrected chi connectivity index (χ3v) is 6.58. The normalized spacial score (nSPS) is 12.2. The number of aliphatic carboxylic acids is 1. The third kappa shape index (κ3) is 8.71. The van der Waals surface area contributed by atoms with Gasteiger partial charge < -0.3 is 9.84 Å². The van der Waals surface area contributed by atoms with E-state index in [4.69, 9.17) is 4.74 Å². The van der Waals surface area contributed by atoms with Gasteiger partial charge in [0.15, 0.2) is 0 Å². The monoisotopic (exact) mass is 520 g/mol. The highest BCUT2D eigenvalue weighted by Crippen LogP contribution is 2.29. The average Bonchev–Trinajstić information content (AvgIpc) is 2.84. The van der Waals surface area contributed by atoms with E-state index in [0.717, 1.165) is 23.3 Å². The molecule has 4 nitrogen and oxygen atoms in total. The van der Waals surface area contributed by atoms with Gasteiger partial charge in [0.2, 0.25) is 0 Å². The summed E-state index contributed by atoms with van der Waals surface area (Å²) in [6, 6.07) is 17.5. The van der Waals surface area contributed by atoms with E-state index in [0.29, 0.717) is 29.7 Å². The molecular weight excluding hydrogens is 496 g/mol. The quantitative estimate of drug-likeness (QED) is 0.245. The number of esters is 1. The molecular formula is C27H24F4O4S. The van der Waals surface area contributed by atoms with Crippen molar-refractivity contribution in [2.24, 2.45) is 0 Å². The second-order valence-electron chi connectivity index (χ2n) is 8.13. The molecule has 0 aromatic heterocycles. The number of carbonyl (C=O) groups is 2. The van der Waals surface area contributed by atoms with Gasteiger partial charge in [-0.05, 0) is 65.1 Å². The van der Waals surface area contributed by atoms with Crippen LogP contribution in [-0.2, 0) is 46.4 Å². The number of aryl methyl sites for hydroxylation is 1. The Kier molecular flexibility index (Phi) is 9.52. The van der Waals surface area contributed by atoms with Crippen LogP contribution in [0.2, 0.25) is 0 Å². The Balaban J connectivity index is 1.45. The van der Waals surface area contributed by atoms with E-state index in [9.17, 15) is 32.3 Å². The van der Waals surface area contributed by atoms with Crippen LogP contribution in [0.1, 0.15) is 27.8 Å². The molecule has 3 rings (SSSR count). The SMILES string of the molecule is O=C(Cc1ccc(CC(SCCc2ccc(F)cc2)C(=O)O)cc1)OCc1ccc(C(F)(F)F)cc1. The summed E-state index contributed by atoms with van der Waals surface area (Å²) in [7, 11) is 0. The van der Waals surface area contributed by atoms with E-state index in [-0.39, 0.29) is 18.8 Å². The van der Waals surface area contributed by atoms with Crippen LogP contribution in [-0.4, -0.2) is 28.0 Å². The zero-order chi connectivity index (χ0) is 26.1. The van der Waals surface area contributed by atoms with Crippen LogP contribution in [0.4, 0.5) is 17.6 Å². The molecule has 9 heteroatoms. The summed E-state index contributed by atoms with van der Waals surface area (Å²) in [5.41, 5.74) is 2.09. The van der Waals surface area contributed by atoms with Gasteiger partial charge in [-0.25, -0.2) is 4.39 Å². The highest BCUT2D eigenvalue weighted by atomic mass is 32.2. The Hall–Kier alpha value is -3.33. The summed E-state index contributed by atoms with van der Waals surface area (Å²) in [6.45, 7) is -0.134. The van der Waals surface area contributed by atoms with E-state index in [1.54, 1.807) is 36.4 Å². The largest absolute Gasteiger partial charge is 0.480 e. The number of hydrogen-bond acceptors (Lipinski definition) is 4. The second kappa shape index (κ2) is 12.6. The molecule has 0 aliphatic rings. The van der Waals surface area contributed by atoms with Crippen molar-refractivity contribution in [3.05, 3.63) is 106 Å². The second-order valence-corrected chi connectivity index (χ2v) is 9.44. The minimum Gasteiger partial charge on any atom is -0.480 e. The highest BCUT2D eigenvalue weighted by molar-refractivity contribution is 8.00. The predicted octanol–water partition coefficient (Wildman–Crippen LogP) is 6.10. The summed E-state index contributed by atoms with van der Waals surface area (Å²) in [6.07, 6.45) is -3.51. The Labute approximate surface area is 210 Å². The maximum atomic E-state index is 13.0. The first-order valence-corrected chi connectivity index (χ1v) is 12.1. The van der Waals surface area contributed by atoms with Crippen LogP contribution in [0.5, 0.6) is 0 Å². The molecule has 0 spiro atoms. The van der Waals surface area contributed by atoms with Gasteiger partial charge in [-0.1, -0.05) is 48.5 Å². The minimum atomic E-state index is -4.42. The number of alkyl halides is 3. The molecule has 0 radical (unpaired) electrons. The van der Waals surface area contributed by atoms with E-state index in [1.807, 2.05) is 0 Å². The van der Waals surface area contributed by atoms with Crippen LogP contribution in [0.15, 0.2) is 72.8 Å². The molecule has 0 aliphatic heterocycles. The smallest absolute Gasteiger partial charge is 0.416 e. The van der Waals surface area contributed by atoms with Gasteiger partial charge >= 0.3 is 18.1 Å². The molecule has 0 bridgehead atoms. The number of hydrogen-bond donors (Lipinski definition) is 1. The van der Waals surface area contributed by atoms with Gasteiger partial charge in [0.25, 0.3) is 0 Å². The molecule has 0 aliphatic carbocycles. The van der Waals surface area contributed by atoms with Crippen LogP contribution in [0.25, 0.3) is 0 Å². The van der Waals surface area contributed by atoms with Crippen LogP contribution in [0.3, 0.4) is 0 Å². The highest BCUT2D eigenvalue weighted by Gasteiger charge is 2.30. The van der Waals surface area contributed by atoms with Gasteiger partial charge in [-0.15, -0.1) is 11.8 Å². The minimum absolute atomic E-state index is 0.0182. The van der Waals surface area contributed by atoms with E-state index >= 15 is 0 Å². The molecule has 3 aromatic rings. The maximum absolute atomic E-state index is 13.0. The van der Waals surface area contributed by atoms with E-state index in [2.05, 4.69) is 0 Å². The molecule has 3 aromatic carbocycles. The van der Waals surface area contributed by atoms with Crippen LogP contribution >= 0.6 is 11.8 Å². The molecule has 0 fully saturated rings. The fourth-order valence-electron chi connectivity index (χ4n) is 3.37. The van der Waals surface area contributed by atoms with Crippen molar-refractivity contribution in [3.63, 3.8) is 0 Å². The lowest BCUT2D eigenvalue weighted by Crippen LogP contribution is -2.20. The number of rotatable bonds is 11. The summed E-state index contributed by atoms with van der Waals surface area (Å²) in [5.74, 6) is -1.19. The zero-order valence-electron chi connectivity index (χ0n) is 19.1. The lowest BCUT2D eigenvalue weighted by molar-refractivity contribution is -0.144. The van der Waals surface area contributed by atoms with Crippen molar-refractivity contribution in [3.8, 4) is 0 Å². The lowest BCUT2D eigenvalue weighted by Gasteiger charge is -2.13. The number of carbonyl (C=O) groups excluding carboxylic acids is 1. The van der Waals surface area contributed by atoms with Crippen LogP contribution < -0.4 is 0 Å². The van der Waals surface area contributed by atoms with Crippen molar-refractivity contribution >= 4 is 23.7 Å². The zero-order valence-corrected chi connectivity index (χ0v) is 19.9. The number of ether oxygens (including phenoxy) is 1. The van der Waals surface area contributed by atoms with Crippen molar-refractivity contribution in [2.75, 3.05) is 5.75 Å². The molecule has 0 amide bonds. The number of carboxylic acids is 1. The fraction of sp³-hybridized carbons (Fsp3) is 0.259. The van der Waals surface area contributed by atoms with Gasteiger partial charge in [0.05, 0.1) is 12.0 Å². The Morgan fingerprint density at radius 1 is 0.833 bits per heavy atom. The number of carboxylic acid groups (broad SMARTS) is 1. The van der Waals surface area contributed by atoms with Crippen LogP contribution in [0, 0.1) is 5.82 Å². The average molecular weight is 521 g/mol. The van der Waals surface area contributed by atoms with Crippen molar-refractivity contribution < 1.29 is 37.0 Å². The number of benzene rings is 3. The molecule has 36 heavy (non-hydrogen) atoms. The van der Waals surface area contributed by atoms with Crippen molar-refractivity contribution in [1.82, 2.24) is 0 Å². The summed E-state index contributed by atoms with van der Waals surface area (Å²) in [5, 5.41) is 8.91. The summed E-state index contributed by atoms with van der Waals surface area (Å²) >= 11 is 1.32. The summed E-state index contributed by atoms with van der Waals surface area (Å²) < 4.78 is 56.0. The number of thioether (sulfide) groups is 1. The Bertz CT molecular complexity index is 1140. The molecule has 0 saturated heterocycles. The first-order valence-electron chi connectivity index (χ1n) is 11.1. The number of halogens is 4. The molecule has 0 saturated carbocycles. The Morgan fingerprint density at radius 2 is 1.39 bits per heavy atom. The molecule has 1 atom stereocenters. The first kappa shape index (κ1) is 27.3. The lowest BCUT2D eigenvalue weighted by atomic mass is 10.1. The van der Waals surface area contributed by atoms with Crippen molar-refractivity contribution in [1.29, 1.82) is 0 Å². The standard InChI is InChI=1S/C27H24F4O4S/c28-23-11-7-18(8-12-23)13-14-36-24(26(33)34)15-19-1-3-20(4-2-19)16-25(32)35-17-21-5-9-22(10-6-21)27(29,30)31/h1-12,24H,13-17H2,(H,33,34). The van der Waals surface area contributed by atoms with E-state index in [1.165, 1.54) is 36.0 Å². The van der Waals surface area contributed by atoms with E-state index < -0.39 is 28.9 Å². The molecule has 1 unspecified atom stereocenters. The third-order valence-electron chi connectivity index (χ3n) is 5.37. The van der Waals surface area contributed by atoms with Gasteiger partial charge in [0.1, 0.15) is 17.7 Å². The summed E-state index contributed by atoms with van der Waals surface area (Å²) in [4.78, 5) is 23.8. The molecule has 1 N–H and O–H groups in total. The van der Waals surface area contributed by atoms with Crippen molar-refractivity contribution in [2.45, 2.75) is 37.3 Å². The van der Waals surface area contributed by atoms with Gasteiger partial charge in [0, 0.05) is 0 Å². The maximum Gasteiger partial charge on any atom is 0.416 e. The van der Waals surface area contributed by atoms with Gasteiger partial charge in [-0.2, -0.15) is 13.2 Å². The first-order chi connectivity index (χ1) is 17.1. The van der Waals surface area contributed by atoms with Gasteiger partial charge in [-0.3, -0.25) is 9.59 Å².